The van der Waals surface area contributed by atoms with Crippen LogP contribution >= 0.6 is 23.2 Å². The van der Waals surface area contributed by atoms with Gasteiger partial charge in [0.05, 0.1) is 12.3 Å². The molecule has 0 bridgehead atoms. The summed E-state index contributed by atoms with van der Waals surface area (Å²) in [7, 11) is 0. The van der Waals surface area contributed by atoms with Gasteiger partial charge in [-0.15, -0.1) is 0 Å². The van der Waals surface area contributed by atoms with Gasteiger partial charge in [-0.1, -0.05) is 56.1 Å². The highest BCUT2D eigenvalue weighted by Crippen LogP contribution is 2.44. The van der Waals surface area contributed by atoms with E-state index in [2.05, 4.69) is 25.7 Å². The first-order valence-electron chi connectivity index (χ1n) is 7.97. The van der Waals surface area contributed by atoms with Crippen molar-refractivity contribution in [3.8, 4) is 0 Å². The Hall–Kier alpha value is -0.960. The Morgan fingerprint density at radius 3 is 2.22 bits per heavy atom. The lowest BCUT2D eigenvalue weighted by Gasteiger charge is -2.54. The van der Waals surface area contributed by atoms with Crippen LogP contribution in [-0.4, -0.2) is 23.1 Å². The zero-order valence-corrected chi connectivity index (χ0v) is 15.7. The van der Waals surface area contributed by atoms with Crippen molar-refractivity contribution >= 4 is 23.2 Å². The first kappa shape index (κ1) is 18.4. The number of halogens is 2. The van der Waals surface area contributed by atoms with Gasteiger partial charge in [0.15, 0.2) is 0 Å². The fourth-order valence-corrected chi connectivity index (χ4v) is 3.72. The highest BCUT2D eigenvalue weighted by Gasteiger charge is 2.44. The molecule has 1 fully saturated rings. The van der Waals surface area contributed by atoms with Crippen LogP contribution in [-0.2, 0) is 0 Å². The summed E-state index contributed by atoms with van der Waals surface area (Å²) in [6.45, 7) is 10.7. The summed E-state index contributed by atoms with van der Waals surface area (Å²) in [6.07, 6.45) is 5.05. The zero-order valence-electron chi connectivity index (χ0n) is 14.2. The van der Waals surface area contributed by atoms with Crippen LogP contribution in [0.25, 0.3) is 0 Å². The molecule has 0 radical (unpaired) electrons. The van der Waals surface area contributed by atoms with Crippen molar-refractivity contribution in [3.63, 3.8) is 0 Å². The van der Waals surface area contributed by atoms with E-state index in [9.17, 15) is 5.11 Å². The Balaban J connectivity index is 2.38. The second-order valence-corrected chi connectivity index (χ2v) is 7.82. The molecule has 1 atom stereocenters. The monoisotopic (exact) mass is 353 g/mol. The molecule has 1 aromatic carbocycles. The quantitative estimate of drug-likeness (QED) is 0.515. The number of rotatable bonds is 5. The molecule has 1 heterocycles. The molecule has 1 saturated heterocycles. The van der Waals surface area contributed by atoms with Crippen LogP contribution in [0.4, 0.5) is 0 Å². The molecule has 4 heteroatoms. The van der Waals surface area contributed by atoms with Gasteiger partial charge >= 0.3 is 0 Å². The zero-order chi connectivity index (χ0) is 17.2. The van der Waals surface area contributed by atoms with Gasteiger partial charge in [0.2, 0.25) is 0 Å². The predicted molar refractivity (Wildman–Crippen MR) is 99.2 cm³/mol. The molecule has 126 valence electrons. The summed E-state index contributed by atoms with van der Waals surface area (Å²) in [5, 5.41) is 11.0. The minimum atomic E-state index is -0.0424. The molecule has 1 aromatic rings. The lowest BCUT2D eigenvalue weighted by atomic mass is 9.71. The largest absolute Gasteiger partial charge is 0.515 e. The van der Waals surface area contributed by atoms with Gasteiger partial charge < -0.3 is 5.11 Å². The van der Waals surface area contributed by atoms with Gasteiger partial charge in [-0.25, -0.2) is 0 Å². The first-order valence-corrected chi connectivity index (χ1v) is 8.73. The molecule has 0 aliphatic carbocycles. The average Bonchev–Trinajstić information content (AvgIpc) is 2.43. The van der Waals surface area contributed by atoms with Crippen LogP contribution in [0.15, 0.2) is 42.2 Å². The standard InChI is InChI=1S/C19H25Cl2NO/c1-5-6-14(10-23)18(15-7-16(20)9-17(21)8-15)22-11-19(4,12-22)13(2)3/h5-10,13,18,23H,11-12H2,1-4H3/b6-5-,14-10+/t18-/m1/s1. The van der Waals surface area contributed by atoms with E-state index in [0.29, 0.717) is 21.4 Å². The molecule has 0 unspecified atom stereocenters. The van der Waals surface area contributed by atoms with Crippen molar-refractivity contribution in [3.05, 3.63) is 57.8 Å². The Labute approximate surface area is 149 Å². The van der Waals surface area contributed by atoms with Gasteiger partial charge in [-0.2, -0.15) is 0 Å². The molecule has 2 nitrogen and oxygen atoms in total. The summed E-state index contributed by atoms with van der Waals surface area (Å²) >= 11 is 12.4. The van der Waals surface area contributed by atoms with Crippen molar-refractivity contribution in [2.24, 2.45) is 11.3 Å². The van der Waals surface area contributed by atoms with Gasteiger partial charge in [0.25, 0.3) is 0 Å². The lowest BCUT2D eigenvalue weighted by molar-refractivity contribution is -0.0410. The number of likely N-dealkylation sites (tertiary alicyclic amines) is 1. The predicted octanol–water partition coefficient (Wildman–Crippen LogP) is 6.03. The van der Waals surface area contributed by atoms with E-state index in [0.717, 1.165) is 24.2 Å². The Morgan fingerprint density at radius 1 is 1.22 bits per heavy atom. The van der Waals surface area contributed by atoms with Crippen molar-refractivity contribution in [2.75, 3.05) is 13.1 Å². The minimum absolute atomic E-state index is 0.0424. The summed E-state index contributed by atoms with van der Waals surface area (Å²) in [5.74, 6) is 0.616. The van der Waals surface area contributed by atoms with Gasteiger partial charge in [-0.3, -0.25) is 4.90 Å². The maximum absolute atomic E-state index is 9.73. The molecule has 0 aromatic heterocycles. The molecule has 1 N–H and O–H groups in total. The highest BCUT2D eigenvalue weighted by atomic mass is 35.5. The third-order valence-electron chi connectivity index (χ3n) is 4.91. The second kappa shape index (κ2) is 7.29. The van der Waals surface area contributed by atoms with Crippen LogP contribution in [0.5, 0.6) is 0 Å². The van der Waals surface area contributed by atoms with Crippen LogP contribution in [0.2, 0.25) is 10.0 Å². The molecule has 23 heavy (non-hydrogen) atoms. The van der Waals surface area contributed by atoms with Crippen LogP contribution < -0.4 is 0 Å². The number of aliphatic hydroxyl groups is 1. The van der Waals surface area contributed by atoms with Gasteiger partial charge in [0.1, 0.15) is 0 Å². The van der Waals surface area contributed by atoms with Gasteiger partial charge in [0, 0.05) is 28.7 Å². The van der Waals surface area contributed by atoms with Crippen molar-refractivity contribution in [1.82, 2.24) is 4.90 Å². The topological polar surface area (TPSA) is 23.5 Å². The van der Waals surface area contributed by atoms with Crippen LogP contribution in [0, 0.1) is 11.3 Å². The number of hydrogen-bond donors (Lipinski definition) is 1. The Kier molecular flexibility index (Phi) is 5.83. The molecular weight excluding hydrogens is 329 g/mol. The first-order chi connectivity index (χ1) is 10.8. The summed E-state index contributed by atoms with van der Waals surface area (Å²) in [5.41, 5.74) is 2.15. The number of nitrogens with zero attached hydrogens (tertiary/aromatic N) is 1. The fraction of sp³-hybridized carbons (Fsp3) is 0.474. The smallest absolute Gasteiger partial charge is 0.0842 e. The number of allylic oxidation sites excluding steroid dienone is 1. The normalized spacial score (nSPS) is 20.0. The number of hydrogen-bond acceptors (Lipinski definition) is 2. The average molecular weight is 354 g/mol. The maximum Gasteiger partial charge on any atom is 0.0842 e. The molecule has 2 rings (SSSR count). The molecule has 0 spiro atoms. The van der Waals surface area contributed by atoms with Gasteiger partial charge in [-0.05, 0) is 42.0 Å². The number of aliphatic hydroxyl groups excluding tert-OH is 1. The van der Waals surface area contributed by atoms with E-state index < -0.39 is 0 Å². The molecule has 0 amide bonds. The van der Waals surface area contributed by atoms with E-state index in [4.69, 9.17) is 23.2 Å². The number of benzene rings is 1. The van der Waals surface area contributed by atoms with E-state index in [1.54, 1.807) is 6.07 Å². The Morgan fingerprint density at radius 2 is 1.78 bits per heavy atom. The van der Waals surface area contributed by atoms with Crippen LogP contribution in [0.1, 0.15) is 39.3 Å². The fourth-order valence-electron chi connectivity index (χ4n) is 3.17. The van der Waals surface area contributed by atoms with E-state index >= 15 is 0 Å². The molecule has 1 aliphatic rings. The van der Waals surface area contributed by atoms with E-state index in [1.165, 1.54) is 6.26 Å². The second-order valence-electron chi connectivity index (χ2n) is 6.95. The minimum Gasteiger partial charge on any atom is -0.515 e. The van der Waals surface area contributed by atoms with Crippen molar-refractivity contribution in [1.29, 1.82) is 0 Å². The van der Waals surface area contributed by atoms with E-state index in [-0.39, 0.29) is 6.04 Å². The summed E-state index contributed by atoms with van der Waals surface area (Å²) in [6, 6.07) is 5.54. The van der Waals surface area contributed by atoms with Crippen molar-refractivity contribution < 1.29 is 5.11 Å². The SMILES string of the molecule is C/C=C\C(=C/O)[C@H](c1cc(Cl)cc(Cl)c1)N1CC(C)(C(C)C)C1. The van der Waals surface area contributed by atoms with Crippen LogP contribution in [0.3, 0.4) is 0 Å². The molecule has 0 saturated carbocycles. The summed E-state index contributed by atoms with van der Waals surface area (Å²) < 4.78 is 0. The van der Waals surface area contributed by atoms with Crippen molar-refractivity contribution in [2.45, 2.75) is 33.7 Å². The summed E-state index contributed by atoms with van der Waals surface area (Å²) in [4.78, 5) is 2.37. The molecular formula is C19H25Cl2NO. The third-order valence-corrected chi connectivity index (χ3v) is 5.35. The highest BCUT2D eigenvalue weighted by molar-refractivity contribution is 6.34. The maximum atomic E-state index is 9.73. The Bertz CT molecular complexity index is 596. The lowest BCUT2D eigenvalue weighted by Crippen LogP contribution is -2.58. The third kappa shape index (κ3) is 3.93. The molecule has 1 aliphatic heterocycles. The van der Waals surface area contributed by atoms with E-state index in [1.807, 2.05) is 31.2 Å².